The van der Waals surface area contributed by atoms with Crippen LogP contribution in [0.25, 0.3) is 0 Å². The predicted molar refractivity (Wildman–Crippen MR) is 59.1 cm³/mol. The minimum absolute atomic E-state index is 0.296. The average Bonchev–Trinajstić information content (AvgIpc) is 2.15. The lowest BCUT2D eigenvalue weighted by Gasteiger charge is -1.90. The van der Waals surface area contributed by atoms with Crippen LogP contribution in [0.2, 0.25) is 0 Å². The summed E-state index contributed by atoms with van der Waals surface area (Å²) in [6.45, 7) is 3.74. The highest BCUT2D eigenvalue weighted by molar-refractivity contribution is 5.90. The molecule has 0 atom stereocenters. The molecule has 0 saturated heterocycles. The van der Waals surface area contributed by atoms with Crippen molar-refractivity contribution < 1.29 is 9.90 Å². The Morgan fingerprint density at radius 2 is 1.93 bits per heavy atom. The molecule has 14 heavy (non-hydrogen) atoms. The van der Waals surface area contributed by atoms with Crippen molar-refractivity contribution in [1.82, 2.24) is 0 Å². The van der Waals surface area contributed by atoms with Crippen molar-refractivity contribution >= 4 is 5.97 Å². The number of hydrogen-bond donors (Lipinski definition) is 1. The molecule has 0 aromatic heterocycles. The Morgan fingerprint density at radius 3 is 2.43 bits per heavy atom. The average molecular weight is 192 g/mol. The van der Waals surface area contributed by atoms with Crippen LogP contribution in [0.15, 0.2) is 48.1 Å². The molecule has 0 aliphatic carbocycles. The van der Waals surface area contributed by atoms with Gasteiger partial charge in [0.2, 0.25) is 0 Å². The minimum atomic E-state index is -0.904. The number of carboxylic acid groups (broad SMARTS) is 1. The maximum Gasteiger partial charge on any atom is 0.335 e. The van der Waals surface area contributed by atoms with E-state index in [1.54, 1.807) is 31.2 Å². The second kappa shape index (κ2) is 8.05. The molecule has 0 bridgehead atoms. The quantitative estimate of drug-likeness (QED) is 0.413. The molecule has 0 aliphatic heterocycles. The van der Waals surface area contributed by atoms with E-state index in [9.17, 15) is 4.79 Å². The first-order chi connectivity index (χ1) is 6.72. The molecule has 0 unspecified atom stereocenters. The Labute approximate surface area is 85.0 Å². The fourth-order valence-corrected chi connectivity index (χ4v) is 0.843. The fraction of sp³-hybridized carbons (Fsp3) is 0.250. The summed E-state index contributed by atoms with van der Waals surface area (Å²) in [5.41, 5.74) is 0.296. The van der Waals surface area contributed by atoms with Crippen LogP contribution >= 0.6 is 0 Å². The zero-order valence-electron chi connectivity index (χ0n) is 8.60. The van der Waals surface area contributed by atoms with E-state index < -0.39 is 5.97 Å². The Morgan fingerprint density at radius 1 is 1.21 bits per heavy atom. The third kappa shape index (κ3) is 6.00. The maximum absolute atomic E-state index is 10.6. The normalized spacial score (nSPS) is 13.4. The van der Waals surface area contributed by atoms with Gasteiger partial charge in [0.05, 0.1) is 5.57 Å². The molecule has 0 heterocycles. The first-order valence-corrected chi connectivity index (χ1v) is 4.56. The fourth-order valence-electron chi connectivity index (χ4n) is 0.843. The third-order valence-electron chi connectivity index (χ3n) is 1.51. The first-order valence-electron chi connectivity index (χ1n) is 4.56. The Hall–Kier alpha value is -1.57. The van der Waals surface area contributed by atoms with Crippen LogP contribution in [-0.4, -0.2) is 11.1 Å². The number of carboxylic acids is 1. The maximum atomic E-state index is 10.6. The molecule has 2 heteroatoms. The Bertz CT molecular complexity index is 281. The molecule has 0 aliphatic rings. The van der Waals surface area contributed by atoms with Crippen LogP contribution in [0, 0.1) is 0 Å². The summed E-state index contributed by atoms with van der Waals surface area (Å²) in [7, 11) is 0. The predicted octanol–water partition coefficient (Wildman–Crippen LogP) is 3.10. The molecule has 0 aromatic rings. The van der Waals surface area contributed by atoms with Crippen LogP contribution in [0.1, 0.15) is 20.3 Å². The lowest BCUT2D eigenvalue weighted by atomic mass is 10.2. The topological polar surface area (TPSA) is 37.3 Å². The standard InChI is InChI=1S/C12H16O2/c1-3-5-6-7-8-10-11(9-4-2)12(13)14/h3-5,7-10H,6H2,1-2H3,(H,13,14). The molecule has 0 fully saturated rings. The van der Waals surface area contributed by atoms with Gasteiger partial charge in [0.1, 0.15) is 0 Å². The van der Waals surface area contributed by atoms with Crippen LogP contribution in [-0.2, 0) is 4.79 Å². The summed E-state index contributed by atoms with van der Waals surface area (Å²) in [5.74, 6) is -0.904. The van der Waals surface area contributed by atoms with Crippen molar-refractivity contribution in [2.45, 2.75) is 20.3 Å². The van der Waals surface area contributed by atoms with Gasteiger partial charge < -0.3 is 5.11 Å². The first kappa shape index (κ1) is 12.4. The zero-order chi connectivity index (χ0) is 10.8. The van der Waals surface area contributed by atoms with E-state index in [0.29, 0.717) is 5.57 Å². The number of carbonyl (C=O) groups is 1. The molecule has 0 radical (unpaired) electrons. The van der Waals surface area contributed by atoms with Crippen LogP contribution in [0.3, 0.4) is 0 Å². The van der Waals surface area contributed by atoms with E-state index >= 15 is 0 Å². The van der Waals surface area contributed by atoms with Gasteiger partial charge in [-0.3, -0.25) is 0 Å². The zero-order valence-corrected chi connectivity index (χ0v) is 8.60. The molecule has 0 aromatic carbocycles. The summed E-state index contributed by atoms with van der Waals surface area (Å²) in [5, 5.41) is 8.74. The molecule has 0 amide bonds. The van der Waals surface area contributed by atoms with E-state index in [2.05, 4.69) is 0 Å². The van der Waals surface area contributed by atoms with Crippen LogP contribution in [0.5, 0.6) is 0 Å². The largest absolute Gasteiger partial charge is 0.478 e. The Balaban J connectivity index is 4.29. The monoisotopic (exact) mass is 192 g/mol. The van der Waals surface area contributed by atoms with E-state index in [-0.39, 0.29) is 0 Å². The highest BCUT2D eigenvalue weighted by Crippen LogP contribution is 1.98. The summed E-state index contributed by atoms with van der Waals surface area (Å²) >= 11 is 0. The molecule has 1 N–H and O–H groups in total. The van der Waals surface area contributed by atoms with Gasteiger partial charge in [-0.15, -0.1) is 0 Å². The van der Waals surface area contributed by atoms with Crippen molar-refractivity contribution in [1.29, 1.82) is 0 Å². The summed E-state index contributed by atoms with van der Waals surface area (Å²) in [6, 6.07) is 0. The third-order valence-corrected chi connectivity index (χ3v) is 1.51. The van der Waals surface area contributed by atoms with E-state index in [1.807, 2.05) is 25.2 Å². The van der Waals surface area contributed by atoms with Gasteiger partial charge in [0.25, 0.3) is 0 Å². The number of hydrogen-bond acceptors (Lipinski definition) is 1. The van der Waals surface area contributed by atoms with E-state index in [0.717, 1.165) is 6.42 Å². The van der Waals surface area contributed by atoms with Gasteiger partial charge in [-0.2, -0.15) is 0 Å². The lowest BCUT2D eigenvalue weighted by Crippen LogP contribution is -1.96. The van der Waals surface area contributed by atoms with Crippen molar-refractivity contribution in [2.75, 3.05) is 0 Å². The number of allylic oxidation sites excluding steroid dienone is 6. The highest BCUT2D eigenvalue weighted by Gasteiger charge is 1.98. The Kier molecular flexibility index (Phi) is 7.15. The van der Waals surface area contributed by atoms with Crippen molar-refractivity contribution in [3.8, 4) is 0 Å². The van der Waals surface area contributed by atoms with Crippen molar-refractivity contribution in [3.63, 3.8) is 0 Å². The molecule has 2 nitrogen and oxygen atoms in total. The van der Waals surface area contributed by atoms with Gasteiger partial charge in [0, 0.05) is 0 Å². The van der Waals surface area contributed by atoms with Crippen LogP contribution in [0.4, 0.5) is 0 Å². The summed E-state index contributed by atoms with van der Waals surface area (Å²) in [4.78, 5) is 10.6. The molecule has 0 saturated carbocycles. The molecular weight excluding hydrogens is 176 g/mol. The van der Waals surface area contributed by atoms with Crippen LogP contribution < -0.4 is 0 Å². The van der Waals surface area contributed by atoms with E-state index in [4.69, 9.17) is 5.11 Å². The number of rotatable bonds is 5. The second-order valence-corrected chi connectivity index (χ2v) is 2.66. The smallest absolute Gasteiger partial charge is 0.335 e. The summed E-state index contributed by atoms with van der Waals surface area (Å²) in [6.07, 6.45) is 13.3. The molecule has 0 rings (SSSR count). The van der Waals surface area contributed by atoms with Gasteiger partial charge in [-0.1, -0.05) is 36.5 Å². The van der Waals surface area contributed by atoms with Gasteiger partial charge in [-0.25, -0.2) is 4.79 Å². The molecule has 0 spiro atoms. The number of aliphatic carboxylic acids is 1. The summed E-state index contributed by atoms with van der Waals surface area (Å²) < 4.78 is 0. The van der Waals surface area contributed by atoms with Crippen molar-refractivity contribution in [3.05, 3.63) is 48.1 Å². The van der Waals surface area contributed by atoms with E-state index in [1.165, 1.54) is 0 Å². The molecule has 76 valence electrons. The van der Waals surface area contributed by atoms with Gasteiger partial charge >= 0.3 is 5.97 Å². The SMILES string of the molecule is CC=CCC=CC=C(C=CC)C(=O)O. The second-order valence-electron chi connectivity index (χ2n) is 2.66. The van der Waals surface area contributed by atoms with Gasteiger partial charge in [0.15, 0.2) is 0 Å². The minimum Gasteiger partial charge on any atom is -0.478 e. The lowest BCUT2D eigenvalue weighted by molar-refractivity contribution is -0.132. The molecular formula is C12H16O2. The van der Waals surface area contributed by atoms with Gasteiger partial charge in [-0.05, 0) is 26.3 Å². The van der Waals surface area contributed by atoms with Crippen molar-refractivity contribution in [2.24, 2.45) is 0 Å². The highest BCUT2D eigenvalue weighted by atomic mass is 16.4.